The average Bonchev–Trinajstić information content (AvgIpc) is 2.60. The minimum atomic E-state index is -0.964. The molecule has 130 valence electrons. The number of para-hydroxylation sites is 1. The van der Waals surface area contributed by atoms with Gasteiger partial charge in [-0.15, -0.1) is 0 Å². The standard InChI is InChI=1S/C19H22N4O2/c1-4-17(24)22-14-10-12(9-13(11-14)19(25)23(2)3)18(21)15-7-5-6-8-16(15)20/h4-11,17,21-22,24H,1,20H2,2-3H3. The Morgan fingerprint density at radius 2 is 1.92 bits per heavy atom. The molecule has 0 bridgehead atoms. The van der Waals surface area contributed by atoms with E-state index in [2.05, 4.69) is 11.9 Å². The Morgan fingerprint density at radius 3 is 2.52 bits per heavy atom. The Bertz CT molecular complexity index is 815. The first-order valence-corrected chi connectivity index (χ1v) is 7.71. The van der Waals surface area contributed by atoms with Crippen LogP contribution in [0.3, 0.4) is 0 Å². The fraction of sp³-hybridized carbons (Fsp3) is 0.158. The number of nitrogens with one attached hydrogen (secondary N) is 2. The van der Waals surface area contributed by atoms with Crippen molar-refractivity contribution in [3.05, 3.63) is 71.8 Å². The van der Waals surface area contributed by atoms with Gasteiger partial charge in [-0.1, -0.05) is 24.8 Å². The Morgan fingerprint density at radius 1 is 1.28 bits per heavy atom. The van der Waals surface area contributed by atoms with Crippen LogP contribution < -0.4 is 11.1 Å². The van der Waals surface area contributed by atoms with Crippen molar-refractivity contribution >= 4 is 23.0 Å². The lowest BCUT2D eigenvalue weighted by Crippen LogP contribution is -2.23. The SMILES string of the molecule is C=CC(O)Nc1cc(C(=N)c2ccccc2N)cc(C(=O)N(C)C)c1. The van der Waals surface area contributed by atoms with E-state index in [0.717, 1.165) is 0 Å². The van der Waals surface area contributed by atoms with Crippen molar-refractivity contribution < 1.29 is 9.90 Å². The second kappa shape index (κ2) is 7.63. The van der Waals surface area contributed by atoms with Gasteiger partial charge in [0.1, 0.15) is 6.23 Å². The summed E-state index contributed by atoms with van der Waals surface area (Å²) in [4.78, 5) is 13.8. The van der Waals surface area contributed by atoms with Crippen LogP contribution in [0.25, 0.3) is 0 Å². The molecule has 0 heterocycles. The molecule has 0 radical (unpaired) electrons. The van der Waals surface area contributed by atoms with Crippen molar-refractivity contribution in [2.45, 2.75) is 6.23 Å². The summed E-state index contributed by atoms with van der Waals surface area (Å²) in [6, 6.07) is 12.0. The largest absolute Gasteiger partial charge is 0.398 e. The molecule has 0 aromatic heterocycles. The van der Waals surface area contributed by atoms with Crippen molar-refractivity contribution in [1.29, 1.82) is 5.41 Å². The van der Waals surface area contributed by atoms with E-state index in [0.29, 0.717) is 28.1 Å². The lowest BCUT2D eigenvalue weighted by atomic mass is 9.98. The number of carbonyl (C=O) groups excluding carboxylic acids is 1. The summed E-state index contributed by atoms with van der Waals surface area (Å²) >= 11 is 0. The van der Waals surface area contributed by atoms with Gasteiger partial charge in [0.25, 0.3) is 5.91 Å². The van der Waals surface area contributed by atoms with Crippen LogP contribution >= 0.6 is 0 Å². The highest BCUT2D eigenvalue weighted by atomic mass is 16.3. The molecular formula is C19H22N4O2. The van der Waals surface area contributed by atoms with Crippen molar-refractivity contribution in [3.8, 4) is 0 Å². The summed E-state index contributed by atoms with van der Waals surface area (Å²) in [5, 5.41) is 21.0. The highest BCUT2D eigenvalue weighted by molar-refractivity contribution is 6.15. The summed E-state index contributed by atoms with van der Waals surface area (Å²) < 4.78 is 0. The molecule has 1 unspecified atom stereocenters. The molecule has 5 N–H and O–H groups in total. The van der Waals surface area contributed by atoms with Gasteiger partial charge in [0, 0.05) is 42.2 Å². The molecule has 6 heteroatoms. The Labute approximate surface area is 147 Å². The minimum Gasteiger partial charge on any atom is -0.398 e. The maximum absolute atomic E-state index is 12.4. The van der Waals surface area contributed by atoms with E-state index in [1.54, 1.807) is 56.6 Å². The third kappa shape index (κ3) is 4.24. The zero-order valence-electron chi connectivity index (χ0n) is 14.3. The summed E-state index contributed by atoms with van der Waals surface area (Å²) in [5.74, 6) is -0.202. The number of amides is 1. The molecular weight excluding hydrogens is 316 g/mol. The van der Waals surface area contributed by atoms with E-state index in [1.807, 2.05) is 0 Å². The Kier molecular flexibility index (Phi) is 5.56. The summed E-state index contributed by atoms with van der Waals surface area (Å²) in [5.41, 5.74) is 8.65. The first-order chi connectivity index (χ1) is 11.8. The minimum absolute atomic E-state index is 0.197. The molecule has 2 aromatic carbocycles. The van der Waals surface area contributed by atoms with Crippen LogP contribution in [-0.2, 0) is 0 Å². The quantitative estimate of drug-likeness (QED) is 0.281. The maximum Gasteiger partial charge on any atom is 0.253 e. The predicted molar refractivity (Wildman–Crippen MR) is 101 cm³/mol. The zero-order valence-corrected chi connectivity index (χ0v) is 14.3. The first-order valence-electron chi connectivity index (χ1n) is 7.71. The molecule has 0 saturated carbocycles. The molecule has 0 aliphatic carbocycles. The fourth-order valence-corrected chi connectivity index (χ4v) is 2.35. The molecule has 2 aromatic rings. The summed E-state index contributed by atoms with van der Waals surface area (Å²) in [6.45, 7) is 3.51. The second-order valence-corrected chi connectivity index (χ2v) is 5.79. The number of hydrogen-bond donors (Lipinski definition) is 4. The number of benzene rings is 2. The monoisotopic (exact) mass is 338 g/mol. The number of hydrogen-bond acceptors (Lipinski definition) is 5. The molecule has 0 spiro atoms. The molecule has 0 aliphatic rings. The number of anilines is 2. The van der Waals surface area contributed by atoms with Gasteiger partial charge < -0.3 is 21.1 Å². The van der Waals surface area contributed by atoms with Gasteiger partial charge in [0.2, 0.25) is 0 Å². The van der Waals surface area contributed by atoms with E-state index < -0.39 is 6.23 Å². The number of nitrogens with zero attached hydrogens (tertiary/aromatic N) is 1. The summed E-state index contributed by atoms with van der Waals surface area (Å²) in [7, 11) is 3.31. The van der Waals surface area contributed by atoms with Gasteiger partial charge in [-0.2, -0.15) is 0 Å². The number of aliphatic hydroxyl groups excluding tert-OH is 1. The van der Waals surface area contributed by atoms with E-state index in [9.17, 15) is 9.90 Å². The molecule has 2 rings (SSSR count). The van der Waals surface area contributed by atoms with Crippen molar-refractivity contribution in [2.24, 2.45) is 0 Å². The van der Waals surface area contributed by atoms with E-state index in [4.69, 9.17) is 11.1 Å². The molecule has 0 aliphatic heterocycles. The molecule has 1 amide bonds. The molecule has 25 heavy (non-hydrogen) atoms. The van der Waals surface area contributed by atoms with E-state index >= 15 is 0 Å². The van der Waals surface area contributed by atoms with Gasteiger partial charge in [-0.05, 0) is 30.3 Å². The van der Waals surface area contributed by atoms with E-state index in [1.165, 1.54) is 11.0 Å². The molecule has 6 nitrogen and oxygen atoms in total. The highest BCUT2D eigenvalue weighted by Crippen LogP contribution is 2.22. The van der Waals surface area contributed by atoms with Crippen LogP contribution in [-0.4, -0.2) is 41.9 Å². The fourth-order valence-electron chi connectivity index (χ4n) is 2.35. The van der Waals surface area contributed by atoms with Crippen molar-refractivity contribution in [2.75, 3.05) is 25.1 Å². The van der Waals surface area contributed by atoms with Gasteiger partial charge in [0.05, 0.1) is 5.71 Å². The highest BCUT2D eigenvalue weighted by Gasteiger charge is 2.15. The van der Waals surface area contributed by atoms with Crippen molar-refractivity contribution in [3.63, 3.8) is 0 Å². The van der Waals surface area contributed by atoms with Crippen LogP contribution in [0.1, 0.15) is 21.5 Å². The smallest absolute Gasteiger partial charge is 0.253 e. The van der Waals surface area contributed by atoms with Gasteiger partial charge in [-0.3, -0.25) is 10.2 Å². The van der Waals surface area contributed by atoms with Crippen LogP contribution in [0.4, 0.5) is 11.4 Å². The topological polar surface area (TPSA) is 102 Å². The number of nitrogen functional groups attached to an aromatic ring is 1. The lowest BCUT2D eigenvalue weighted by molar-refractivity contribution is 0.0827. The number of carbonyl (C=O) groups is 1. The van der Waals surface area contributed by atoms with Gasteiger partial charge in [0.15, 0.2) is 0 Å². The van der Waals surface area contributed by atoms with Crippen LogP contribution in [0.5, 0.6) is 0 Å². The molecule has 0 fully saturated rings. The Hall–Kier alpha value is -3.12. The molecule has 1 atom stereocenters. The number of aliphatic hydroxyl groups is 1. The zero-order chi connectivity index (χ0) is 18.6. The van der Waals surface area contributed by atoms with Gasteiger partial charge in [-0.25, -0.2) is 0 Å². The van der Waals surface area contributed by atoms with Crippen LogP contribution in [0.15, 0.2) is 55.1 Å². The van der Waals surface area contributed by atoms with E-state index in [-0.39, 0.29) is 11.6 Å². The maximum atomic E-state index is 12.4. The lowest BCUT2D eigenvalue weighted by Gasteiger charge is -2.16. The normalized spacial score (nSPS) is 11.5. The third-order valence-electron chi connectivity index (χ3n) is 3.64. The van der Waals surface area contributed by atoms with Gasteiger partial charge >= 0.3 is 0 Å². The van der Waals surface area contributed by atoms with Crippen LogP contribution in [0, 0.1) is 5.41 Å². The third-order valence-corrected chi connectivity index (χ3v) is 3.64. The first kappa shape index (κ1) is 18.2. The predicted octanol–water partition coefficient (Wildman–Crippen LogP) is 2.30. The number of nitrogens with two attached hydrogens (primary N) is 1. The van der Waals surface area contributed by atoms with Crippen molar-refractivity contribution in [1.82, 2.24) is 4.90 Å². The summed E-state index contributed by atoms with van der Waals surface area (Å²) in [6.07, 6.45) is 0.370. The number of rotatable bonds is 6. The second-order valence-electron chi connectivity index (χ2n) is 5.79. The average molecular weight is 338 g/mol. The van der Waals surface area contributed by atoms with Crippen LogP contribution in [0.2, 0.25) is 0 Å². The molecule has 0 saturated heterocycles. The Balaban J connectivity index is 2.52.